The summed E-state index contributed by atoms with van der Waals surface area (Å²) in [5.74, 6) is -0.414. The van der Waals surface area contributed by atoms with Crippen LogP contribution in [0.25, 0.3) is 0 Å². The molecule has 1 aromatic heterocycles. The van der Waals surface area contributed by atoms with Crippen molar-refractivity contribution >= 4 is 5.97 Å². The maximum atomic E-state index is 10.6. The maximum absolute atomic E-state index is 10.6. The normalized spacial score (nSPS) is 10.2. The van der Waals surface area contributed by atoms with Crippen LogP contribution in [-0.4, -0.2) is 16.2 Å². The quantitative estimate of drug-likeness (QED) is 0.829. The molecule has 0 unspecified atom stereocenters. The van der Waals surface area contributed by atoms with E-state index in [1.165, 1.54) is 6.07 Å². The molecule has 0 radical (unpaired) electrons. The number of rotatable bonds is 3. The number of carboxylic acids is 1. The molecular weight excluding hydrogens is 208 g/mol. The van der Waals surface area contributed by atoms with E-state index in [1.807, 2.05) is 6.07 Å². The van der Waals surface area contributed by atoms with Crippen LogP contribution in [0.1, 0.15) is 21.9 Å². The van der Waals surface area contributed by atoms with Gasteiger partial charge in [0.2, 0.25) is 5.76 Å². The molecule has 1 heterocycles. The summed E-state index contributed by atoms with van der Waals surface area (Å²) >= 11 is 0. The molecule has 16 heavy (non-hydrogen) atoms. The number of hydrogen-bond acceptors (Lipinski definition) is 3. The lowest BCUT2D eigenvalue weighted by Gasteiger charge is -1.98. The lowest BCUT2D eigenvalue weighted by molar-refractivity contribution is 0.0660. The number of aromatic carboxylic acids is 1. The van der Waals surface area contributed by atoms with Gasteiger partial charge >= 0.3 is 5.97 Å². The molecule has 0 saturated heterocycles. The van der Waals surface area contributed by atoms with E-state index in [2.05, 4.69) is 0 Å². The zero-order valence-electron chi connectivity index (χ0n) is 8.38. The van der Waals surface area contributed by atoms with Gasteiger partial charge in [0.25, 0.3) is 0 Å². The third kappa shape index (κ3) is 2.23. The second kappa shape index (κ2) is 4.10. The zero-order chi connectivity index (χ0) is 11.5. The zero-order valence-corrected chi connectivity index (χ0v) is 8.38. The van der Waals surface area contributed by atoms with Gasteiger partial charge in [-0.05, 0) is 29.8 Å². The number of hydrogen-bond donors (Lipinski definition) is 2. The molecule has 2 rings (SSSR count). The second-order valence-electron chi connectivity index (χ2n) is 3.42. The van der Waals surface area contributed by atoms with Gasteiger partial charge in [-0.1, -0.05) is 12.1 Å². The molecule has 82 valence electrons. The van der Waals surface area contributed by atoms with E-state index in [0.717, 1.165) is 5.56 Å². The Kier molecular flexibility index (Phi) is 2.64. The number of furan rings is 1. The van der Waals surface area contributed by atoms with Crippen molar-refractivity contribution < 1.29 is 19.4 Å². The highest BCUT2D eigenvalue weighted by Crippen LogP contribution is 2.16. The second-order valence-corrected chi connectivity index (χ2v) is 3.42. The van der Waals surface area contributed by atoms with Crippen molar-refractivity contribution in [1.29, 1.82) is 0 Å². The highest BCUT2D eigenvalue weighted by atomic mass is 16.4. The average Bonchev–Trinajstić information content (AvgIpc) is 2.66. The van der Waals surface area contributed by atoms with Crippen molar-refractivity contribution in [3.63, 3.8) is 0 Å². The monoisotopic (exact) mass is 218 g/mol. The van der Waals surface area contributed by atoms with Gasteiger partial charge in [0.1, 0.15) is 11.5 Å². The van der Waals surface area contributed by atoms with Crippen LogP contribution in [0.4, 0.5) is 0 Å². The Morgan fingerprint density at radius 2 is 2.06 bits per heavy atom. The summed E-state index contributed by atoms with van der Waals surface area (Å²) in [6.45, 7) is 0. The van der Waals surface area contributed by atoms with Crippen molar-refractivity contribution in [2.75, 3.05) is 0 Å². The van der Waals surface area contributed by atoms with Gasteiger partial charge in [-0.3, -0.25) is 0 Å². The topological polar surface area (TPSA) is 70.7 Å². The smallest absolute Gasteiger partial charge is 0.371 e. The van der Waals surface area contributed by atoms with Gasteiger partial charge in [0.15, 0.2) is 0 Å². The fourth-order valence-corrected chi connectivity index (χ4v) is 1.46. The molecule has 2 aromatic rings. The summed E-state index contributed by atoms with van der Waals surface area (Å²) in [4.78, 5) is 10.6. The Balaban J connectivity index is 2.17. The minimum absolute atomic E-state index is 0.0739. The van der Waals surface area contributed by atoms with Gasteiger partial charge in [-0.15, -0.1) is 0 Å². The molecule has 4 heteroatoms. The fourth-order valence-electron chi connectivity index (χ4n) is 1.46. The Morgan fingerprint density at radius 1 is 1.25 bits per heavy atom. The van der Waals surface area contributed by atoms with E-state index in [4.69, 9.17) is 9.52 Å². The maximum Gasteiger partial charge on any atom is 0.371 e. The summed E-state index contributed by atoms with van der Waals surface area (Å²) in [5.41, 5.74) is 0.867. The number of phenols is 1. The van der Waals surface area contributed by atoms with Gasteiger partial charge in [0, 0.05) is 6.42 Å². The Morgan fingerprint density at radius 3 is 2.69 bits per heavy atom. The molecule has 0 aliphatic heterocycles. The van der Waals surface area contributed by atoms with Crippen LogP contribution in [0.2, 0.25) is 0 Å². The van der Waals surface area contributed by atoms with E-state index in [-0.39, 0.29) is 11.5 Å². The van der Waals surface area contributed by atoms with Crippen LogP contribution in [0, 0.1) is 0 Å². The molecule has 0 saturated carbocycles. The van der Waals surface area contributed by atoms with Crippen molar-refractivity contribution in [3.05, 3.63) is 53.5 Å². The minimum atomic E-state index is -1.08. The Hall–Kier alpha value is -2.23. The molecule has 0 bridgehead atoms. The fraction of sp³-hybridized carbons (Fsp3) is 0.0833. The largest absolute Gasteiger partial charge is 0.508 e. The highest BCUT2D eigenvalue weighted by Gasteiger charge is 2.09. The van der Waals surface area contributed by atoms with E-state index in [0.29, 0.717) is 12.2 Å². The first-order valence-corrected chi connectivity index (χ1v) is 4.75. The number of carboxylic acid groups (broad SMARTS) is 1. The molecule has 0 aliphatic carbocycles. The van der Waals surface area contributed by atoms with Crippen LogP contribution in [0.3, 0.4) is 0 Å². The summed E-state index contributed by atoms with van der Waals surface area (Å²) < 4.78 is 5.11. The van der Waals surface area contributed by atoms with Gasteiger partial charge < -0.3 is 14.6 Å². The van der Waals surface area contributed by atoms with Crippen LogP contribution >= 0.6 is 0 Å². The predicted octanol–water partition coefficient (Wildman–Crippen LogP) is 2.27. The van der Waals surface area contributed by atoms with Crippen LogP contribution < -0.4 is 0 Å². The lowest BCUT2D eigenvalue weighted by atomic mass is 10.1. The van der Waals surface area contributed by atoms with Crippen molar-refractivity contribution in [2.45, 2.75) is 6.42 Å². The van der Waals surface area contributed by atoms with Gasteiger partial charge in [-0.2, -0.15) is 0 Å². The highest BCUT2D eigenvalue weighted by molar-refractivity contribution is 5.84. The van der Waals surface area contributed by atoms with E-state index in [9.17, 15) is 9.90 Å². The average molecular weight is 218 g/mol. The Bertz CT molecular complexity index is 513. The molecule has 0 atom stereocenters. The summed E-state index contributed by atoms with van der Waals surface area (Å²) in [6.07, 6.45) is 0.460. The number of carbonyl (C=O) groups is 1. The van der Waals surface area contributed by atoms with Crippen molar-refractivity contribution in [3.8, 4) is 5.75 Å². The molecular formula is C12H10O4. The SMILES string of the molecule is O=C(O)c1ccc(Cc2cccc(O)c2)o1. The predicted molar refractivity (Wildman–Crippen MR) is 56.6 cm³/mol. The Labute approximate surface area is 91.8 Å². The van der Waals surface area contributed by atoms with Crippen LogP contribution in [0.5, 0.6) is 5.75 Å². The third-order valence-corrected chi connectivity index (χ3v) is 2.16. The molecule has 4 nitrogen and oxygen atoms in total. The first-order valence-electron chi connectivity index (χ1n) is 4.75. The van der Waals surface area contributed by atoms with Gasteiger partial charge in [0.05, 0.1) is 0 Å². The van der Waals surface area contributed by atoms with E-state index >= 15 is 0 Å². The van der Waals surface area contributed by atoms with Crippen LogP contribution in [-0.2, 0) is 6.42 Å². The molecule has 2 N–H and O–H groups in total. The number of benzene rings is 1. The van der Waals surface area contributed by atoms with Gasteiger partial charge in [-0.25, -0.2) is 4.79 Å². The summed E-state index contributed by atoms with van der Waals surface area (Å²) in [7, 11) is 0. The molecule has 0 spiro atoms. The standard InChI is InChI=1S/C12H10O4/c13-9-3-1-2-8(6-9)7-10-4-5-11(16-10)12(14)15/h1-6,13H,7H2,(H,14,15). The summed E-state index contributed by atoms with van der Waals surface area (Å²) in [6, 6.07) is 9.79. The molecule has 1 aromatic carbocycles. The van der Waals surface area contributed by atoms with E-state index < -0.39 is 5.97 Å². The molecule has 0 aliphatic rings. The third-order valence-electron chi connectivity index (χ3n) is 2.16. The first-order chi connectivity index (χ1) is 7.65. The van der Waals surface area contributed by atoms with Crippen molar-refractivity contribution in [1.82, 2.24) is 0 Å². The summed E-state index contributed by atoms with van der Waals surface area (Å²) in [5, 5.41) is 17.9. The molecule has 0 amide bonds. The van der Waals surface area contributed by atoms with Crippen LogP contribution in [0.15, 0.2) is 40.8 Å². The van der Waals surface area contributed by atoms with E-state index in [1.54, 1.807) is 24.3 Å². The number of phenolic OH excluding ortho intramolecular Hbond substituents is 1. The molecule has 0 fully saturated rings. The first kappa shape index (κ1) is 10.3. The van der Waals surface area contributed by atoms with Crippen molar-refractivity contribution in [2.24, 2.45) is 0 Å². The number of aromatic hydroxyl groups is 1. The minimum Gasteiger partial charge on any atom is -0.508 e. The lowest BCUT2D eigenvalue weighted by Crippen LogP contribution is -1.92.